The van der Waals surface area contributed by atoms with E-state index in [0.29, 0.717) is 34.5 Å². The van der Waals surface area contributed by atoms with E-state index < -0.39 is 23.6 Å². The summed E-state index contributed by atoms with van der Waals surface area (Å²) in [6.45, 7) is 8.17. The minimum atomic E-state index is -0.638. The Labute approximate surface area is 222 Å². The van der Waals surface area contributed by atoms with Crippen LogP contribution in [-0.4, -0.2) is 32.8 Å². The fourth-order valence-corrected chi connectivity index (χ4v) is 4.38. The molecule has 0 radical (unpaired) electrons. The van der Waals surface area contributed by atoms with Gasteiger partial charge in [-0.15, -0.1) is 0 Å². The molecule has 7 nitrogen and oxygen atoms in total. The second-order valence-electron chi connectivity index (χ2n) is 9.82. The van der Waals surface area contributed by atoms with E-state index in [0.717, 1.165) is 29.3 Å². The fourth-order valence-electron chi connectivity index (χ4n) is 4.04. The summed E-state index contributed by atoms with van der Waals surface area (Å²) in [6, 6.07) is 6.87. The van der Waals surface area contributed by atoms with Crippen LogP contribution in [0.15, 0.2) is 47.3 Å². The first-order valence-corrected chi connectivity index (χ1v) is 12.8. The van der Waals surface area contributed by atoms with Gasteiger partial charge in [0.2, 0.25) is 0 Å². The molecular formula is C27H29BrF2N4O3. The fraction of sp³-hybridized carbons (Fsp3) is 0.370. The lowest BCUT2D eigenvalue weighted by Crippen LogP contribution is -2.34. The van der Waals surface area contributed by atoms with Crippen LogP contribution in [0.2, 0.25) is 0 Å². The van der Waals surface area contributed by atoms with Crippen molar-refractivity contribution >= 4 is 44.0 Å². The van der Waals surface area contributed by atoms with Crippen LogP contribution in [0.4, 0.5) is 13.6 Å². The van der Waals surface area contributed by atoms with Crippen LogP contribution in [0.5, 0.6) is 5.75 Å². The lowest BCUT2D eigenvalue weighted by molar-refractivity contribution is 0.0507. The molecule has 0 spiro atoms. The van der Waals surface area contributed by atoms with Crippen LogP contribution in [0.1, 0.15) is 52.1 Å². The van der Waals surface area contributed by atoms with Crippen molar-refractivity contribution in [2.45, 2.75) is 58.7 Å². The molecule has 4 rings (SSSR count). The summed E-state index contributed by atoms with van der Waals surface area (Å²) in [5.74, 6) is -0.277. The van der Waals surface area contributed by atoms with Crippen LogP contribution >= 0.6 is 15.9 Å². The highest BCUT2D eigenvalue weighted by Crippen LogP contribution is 2.29. The molecule has 1 unspecified atom stereocenters. The Morgan fingerprint density at radius 3 is 2.68 bits per heavy atom. The van der Waals surface area contributed by atoms with Gasteiger partial charge in [0, 0.05) is 23.6 Å². The first-order chi connectivity index (χ1) is 17.5. The summed E-state index contributed by atoms with van der Waals surface area (Å²) in [6.07, 6.45) is 4.34. The number of hydrogen-bond donors (Lipinski definition) is 1. The number of imidazole rings is 1. The van der Waals surface area contributed by atoms with Crippen molar-refractivity contribution in [3.05, 3.63) is 64.5 Å². The Bertz CT molecular complexity index is 1430. The van der Waals surface area contributed by atoms with E-state index in [9.17, 15) is 13.6 Å². The molecule has 10 heteroatoms. The van der Waals surface area contributed by atoms with Gasteiger partial charge in [0.1, 0.15) is 28.5 Å². The molecule has 2 aromatic heterocycles. The number of carbonyl (C=O) groups is 1. The molecule has 0 saturated carbocycles. The highest BCUT2D eigenvalue weighted by molar-refractivity contribution is 9.10. The van der Waals surface area contributed by atoms with Gasteiger partial charge >= 0.3 is 6.09 Å². The summed E-state index contributed by atoms with van der Waals surface area (Å²) in [5, 5.41) is 3.55. The molecule has 0 bridgehead atoms. The second-order valence-corrected chi connectivity index (χ2v) is 10.7. The zero-order valence-corrected chi connectivity index (χ0v) is 22.7. The lowest BCUT2D eigenvalue weighted by Gasteiger charge is -2.23. The summed E-state index contributed by atoms with van der Waals surface area (Å²) in [4.78, 5) is 20.9. The van der Waals surface area contributed by atoms with Gasteiger partial charge in [-0.05, 0) is 80.7 Å². The third kappa shape index (κ3) is 6.54. The van der Waals surface area contributed by atoms with Crippen molar-refractivity contribution in [3.63, 3.8) is 0 Å². The number of benzene rings is 2. The number of aryl methyl sites for hydroxylation is 1. The zero-order valence-electron chi connectivity index (χ0n) is 21.1. The molecule has 196 valence electrons. The number of nitrogens with one attached hydrogen (secondary N) is 1. The molecule has 0 aliphatic carbocycles. The number of pyridine rings is 1. The van der Waals surface area contributed by atoms with Crippen molar-refractivity contribution in [1.82, 2.24) is 19.9 Å². The van der Waals surface area contributed by atoms with Crippen LogP contribution < -0.4 is 10.1 Å². The normalized spacial score (nSPS) is 12.6. The average Bonchev–Trinajstić information content (AvgIpc) is 3.22. The molecule has 2 heterocycles. The molecule has 0 aliphatic heterocycles. The summed E-state index contributed by atoms with van der Waals surface area (Å²) in [5.41, 5.74) is 2.10. The minimum absolute atomic E-state index is 0.363. The minimum Gasteiger partial charge on any atom is -0.493 e. The molecule has 0 saturated heterocycles. The molecule has 1 atom stereocenters. The van der Waals surface area contributed by atoms with Crippen LogP contribution in [0.3, 0.4) is 0 Å². The van der Waals surface area contributed by atoms with E-state index in [1.807, 2.05) is 4.57 Å². The Morgan fingerprint density at radius 2 is 1.92 bits per heavy atom. The van der Waals surface area contributed by atoms with Crippen molar-refractivity contribution in [2.75, 3.05) is 6.61 Å². The Kier molecular flexibility index (Phi) is 7.96. The SMILES string of the molecule is CC(NC(=O)OC(C)(C)C)c1cc(F)ccc1OCCCCn1cnc2cnc3cc(F)c(Br)cc3c21. The third-order valence-corrected chi connectivity index (χ3v) is 6.32. The molecule has 2 aromatic carbocycles. The number of amides is 1. The van der Waals surface area contributed by atoms with Crippen molar-refractivity contribution in [1.29, 1.82) is 0 Å². The van der Waals surface area contributed by atoms with E-state index in [2.05, 4.69) is 31.2 Å². The average molecular weight is 575 g/mol. The van der Waals surface area contributed by atoms with Gasteiger partial charge in [0.15, 0.2) is 0 Å². The number of aromatic nitrogens is 3. The molecule has 0 fully saturated rings. The van der Waals surface area contributed by atoms with Crippen LogP contribution in [0, 0.1) is 11.6 Å². The standard InChI is InChI=1S/C27H29BrF2N4O3/c1-16(33-26(35)37-27(2,3)4)18-11-17(29)7-8-24(18)36-10-6-5-9-34-15-32-23-14-31-22-13-21(30)20(28)12-19(22)25(23)34/h7-8,11-16H,5-6,9-10H2,1-4H3,(H,33,35). The smallest absolute Gasteiger partial charge is 0.408 e. The predicted octanol–water partition coefficient (Wildman–Crippen LogP) is 7.07. The molecular weight excluding hydrogens is 546 g/mol. The maximum atomic E-state index is 14.0. The summed E-state index contributed by atoms with van der Waals surface area (Å²) in [7, 11) is 0. The Morgan fingerprint density at radius 1 is 1.14 bits per heavy atom. The number of ether oxygens (including phenoxy) is 2. The number of alkyl carbamates (subject to hydrolysis) is 1. The van der Waals surface area contributed by atoms with Crippen LogP contribution in [-0.2, 0) is 11.3 Å². The number of carbonyl (C=O) groups excluding carboxylic acids is 1. The zero-order chi connectivity index (χ0) is 26.7. The van der Waals surface area contributed by atoms with E-state index in [4.69, 9.17) is 9.47 Å². The van der Waals surface area contributed by atoms with Gasteiger partial charge < -0.3 is 19.4 Å². The summed E-state index contributed by atoms with van der Waals surface area (Å²) < 4.78 is 41.6. The highest BCUT2D eigenvalue weighted by atomic mass is 79.9. The van der Waals surface area contributed by atoms with E-state index in [1.54, 1.807) is 52.4 Å². The van der Waals surface area contributed by atoms with Gasteiger partial charge in [-0.1, -0.05) is 0 Å². The Balaban J connectivity index is 1.38. The highest BCUT2D eigenvalue weighted by Gasteiger charge is 2.20. The molecule has 0 aliphatic rings. The first kappa shape index (κ1) is 26.8. The number of hydrogen-bond acceptors (Lipinski definition) is 5. The monoisotopic (exact) mass is 574 g/mol. The third-order valence-electron chi connectivity index (χ3n) is 5.71. The van der Waals surface area contributed by atoms with Crippen LogP contribution in [0.25, 0.3) is 21.9 Å². The Hall–Kier alpha value is -3.27. The van der Waals surface area contributed by atoms with Gasteiger partial charge in [0.25, 0.3) is 0 Å². The lowest BCUT2D eigenvalue weighted by atomic mass is 10.1. The predicted molar refractivity (Wildman–Crippen MR) is 142 cm³/mol. The number of fused-ring (bicyclic) bond motifs is 3. The van der Waals surface area contributed by atoms with Crippen molar-refractivity contribution in [2.24, 2.45) is 0 Å². The first-order valence-electron chi connectivity index (χ1n) is 12.0. The van der Waals surface area contributed by atoms with E-state index >= 15 is 0 Å². The number of unbranched alkanes of at least 4 members (excludes halogenated alkanes) is 1. The molecule has 4 aromatic rings. The maximum Gasteiger partial charge on any atom is 0.408 e. The van der Waals surface area contributed by atoms with Gasteiger partial charge in [-0.2, -0.15) is 0 Å². The summed E-state index contributed by atoms with van der Waals surface area (Å²) >= 11 is 3.25. The van der Waals surface area contributed by atoms with Gasteiger partial charge in [0.05, 0.1) is 40.7 Å². The quantitative estimate of drug-likeness (QED) is 0.228. The van der Waals surface area contributed by atoms with E-state index in [-0.39, 0.29) is 5.82 Å². The van der Waals surface area contributed by atoms with Crippen molar-refractivity contribution in [3.8, 4) is 5.75 Å². The van der Waals surface area contributed by atoms with Gasteiger partial charge in [-0.3, -0.25) is 4.98 Å². The maximum absolute atomic E-state index is 14.0. The number of nitrogens with zero attached hydrogens (tertiary/aromatic N) is 3. The number of halogens is 3. The molecule has 1 N–H and O–H groups in total. The van der Waals surface area contributed by atoms with E-state index in [1.165, 1.54) is 18.2 Å². The second kappa shape index (κ2) is 11.0. The number of rotatable bonds is 8. The molecule has 37 heavy (non-hydrogen) atoms. The van der Waals surface area contributed by atoms with Crippen molar-refractivity contribution < 1.29 is 23.0 Å². The van der Waals surface area contributed by atoms with Gasteiger partial charge in [-0.25, -0.2) is 18.6 Å². The largest absolute Gasteiger partial charge is 0.493 e. The molecule has 1 amide bonds. The topological polar surface area (TPSA) is 78.3 Å².